The third kappa shape index (κ3) is 2.94. The van der Waals surface area contributed by atoms with Crippen LogP contribution >= 0.6 is 0 Å². The topological polar surface area (TPSA) is 32.5 Å². The molecular weight excluding hydrogens is 260 g/mol. The van der Waals surface area contributed by atoms with Crippen molar-refractivity contribution in [3.63, 3.8) is 0 Å². The third-order valence-electron chi connectivity index (χ3n) is 4.23. The average molecular weight is 283 g/mol. The molecule has 1 aliphatic heterocycles. The summed E-state index contributed by atoms with van der Waals surface area (Å²) < 4.78 is 27.9. The van der Waals surface area contributed by atoms with Crippen LogP contribution in [0.4, 0.5) is 14.5 Å². The largest absolute Gasteiger partial charge is 0.367 e. The summed E-state index contributed by atoms with van der Waals surface area (Å²) >= 11 is 0. The van der Waals surface area contributed by atoms with Crippen molar-refractivity contribution in [2.45, 2.75) is 32.9 Å². The highest BCUT2D eigenvalue weighted by atomic mass is 19.2. The Morgan fingerprint density at radius 1 is 1.15 bits per heavy atom. The zero-order chi connectivity index (χ0) is 14.7. The standard InChI is InChI=1S/C15H23F2N3/c1-3-11(2)19-6-8-20(9-7-19)13-5-4-12(10-18)14(16)15(13)17/h4-5,11H,3,6-10,18H2,1-2H3. The molecule has 1 atom stereocenters. The lowest BCUT2D eigenvalue weighted by Gasteiger charge is -2.39. The lowest BCUT2D eigenvalue weighted by Crippen LogP contribution is -2.49. The number of hydrogen-bond acceptors (Lipinski definition) is 3. The van der Waals surface area contributed by atoms with Gasteiger partial charge in [-0.15, -0.1) is 0 Å². The lowest BCUT2D eigenvalue weighted by atomic mass is 10.1. The van der Waals surface area contributed by atoms with Crippen LogP contribution < -0.4 is 10.6 Å². The van der Waals surface area contributed by atoms with Crippen LogP contribution in [0.25, 0.3) is 0 Å². The first-order chi connectivity index (χ1) is 9.58. The molecule has 2 N–H and O–H groups in total. The molecule has 1 aliphatic rings. The SMILES string of the molecule is CCC(C)N1CCN(c2ccc(CN)c(F)c2F)CC1. The first-order valence-corrected chi connectivity index (χ1v) is 7.24. The maximum Gasteiger partial charge on any atom is 0.182 e. The highest BCUT2D eigenvalue weighted by Gasteiger charge is 2.23. The van der Waals surface area contributed by atoms with Gasteiger partial charge in [0, 0.05) is 44.3 Å². The summed E-state index contributed by atoms with van der Waals surface area (Å²) in [5.74, 6) is -1.58. The summed E-state index contributed by atoms with van der Waals surface area (Å²) in [5.41, 5.74) is 5.96. The molecule has 0 saturated carbocycles. The van der Waals surface area contributed by atoms with Crippen molar-refractivity contribution in [3.8, 4) is 0 Å². The molecule has 5 heteroatoms. The van der Waals surface area contributed by atoms with Crippen LogP contribution in [0.1, 0.15) is 25.8 Å². The van der Waals surface area contributed by atoms with Crippen LogP contribution in [0.15, 0.2) is 12.1 Å². The molecule has 1 aromatic rings. The van der Waals surface area contributed by atoms with Gasteiger partial charge in [0.05, 0.1) is 5.69 Å². The van der Waals surface area contributed by atoms with Crippen LogP contribution in [0.3, 0.4) is 0 Å². The van der Waals surface area contributed by atoms with Gasteiger partial charge < -0.3 is 10.6 Å². The number of hydrogen-bond donors (Lipinski definition) is 1. The minimum Gasteiger partial charge on any atom is -0.367 e. The number of nitrogens with two attached hydrogens (primary N) is 1. The molecule has 3 nitrogen and oxygen atoms in total. The van der Waals surface area contributed by atoms with E-state index in [-0.39, 0.29) is 12.1 Å². The number of nitrogens with zero attached hydrogens (tertiary/aromatic N) is 2. The zero-order valence-corrected chi connectivity index (χ0v) is 12.2. The number of piperazine rings is 1. The second-order valence-electron chi connectivity index (χ2n) is 5.36. The van der Waals surface area contributed by atoms with Gasteiger partial charge in [0.1, 0.15) is 0 Å². The quantitative estimate of drug-likeness (QED) is 0.920. The summed E-state index contributed by atoms with van der Waals surface area (Å²) in [6, 6.07) is 3.76. The molecule has 1 fully saturated rings. The molecule has 0 amide bonds. The fourth-order valence-corrected chi connectivity index (χ4v) is 2.64. The van der Waals surface area contributed by atoms with Gasteiger partial charge in [-0.1, -0.05) is 13.0 Å². The van der Waals surface area contributed by atoms with Crippen molar-refractivity contribution in [1.82, 2.24) is 4.90 Å². The molecule has 0 aromatic heterocycles. The molecule has 1 heterocycles. The van der Waals surface area contributed by atoms with Gasteiger partial charge in [-0.3, -0.25) is 4.90 Å². The van der Waals surface area contributed by atoms with Crippen molar-refractivity contribution < 1.29 is 8.78 Å². The van der Waals surface area contributed by atoms with Crippen molar-refractivity contribution in [3.05, 3.63) is 29.3 Å². The van der Waals surface area contributed by atoms with Crippen molar-refractivity contribution in [2.75, 3.05) is 31.1 Å². The Kier molecular flexibility index (Phi) is 4.94. The Balaban J connectivity index is 2.09. The molecule has 20 heavy (non-hydrogen) atoms. The Labute approximate surface area is 119 Å². The van der Waals surface area contributed by atoms with Crippen molar-refractivity contribution in [2.24, 2.45) is 5.73 Å². The van der Waals surface area contributed by atoms with Crippen LogP contribution in [-0.2, 0) is 6.54 Å². The van der Waals surface area contributed by atoms with Crippen LogP contribution in [0.2, 0.25) is 0 Å². The monoisotopic (exact) mass is 283 g/mol. The molecule has 112 valence electrons. The Bertz CT molecular complexity index is 457. The predicted molar refractivity (Wildman–Crippen MR) is 77.8 cm³/mol. The van der Waals surface area contributed by atoms with E-state index in [0.29, 0.717) is 11.7 Å². The van der Waals surface area contributed by atoms with Crippen LogP contribution in [0.5, 0.6) is 0 Å². The molecule has 2 rings (SSSR count). The average Bonchev–Trinajstić information content (AvgIpc) is 2.49. The van der Waals surface area contributed by atoms with E-state index in [1.165, 1.54) is 0 Å². The van der Waals surface area contributed by atoms with Gasteiger partial charge in [-0.05, 0) is 19.4 Å². The van der Waals surface area contributed by atoms with Gasteiger partial charge in [-0.25, -0.2) is 8.78 Å². The molecule has 0 radical (unpaired) electrons. The molecule has 0 aliphatic carbocycles. The number of rotatable bonds is 4. The van der Waals surface area contributed by atoms with E-state index in [1.54, 1.807) is 12.1 Å². The highest BCUT2D eigenvalue weighted by molar-refractivity contribution is 5.50. The predicted octanol–water partition coefficient (Wildman–Crippen LogP) is 2.34. The second-order valence-corrected chi connectivity index (χ2v) is 5.36. The maximum atomic E-state index is 14.1. The molecule has 1 saturated heterocycles. The number of benzene rings is 1. The summed E-state index contributed by atoms with van der Waals surface area (Å²) in [5, 5.41) is 0. The van der Waals surface area contributed by atoms with Crippen molar-refractivity contribution in [1.29, 1.82) is 0 Å². The van der Waals surface area contributed by atoms with Gasteiger partial charge in [-0.2, -0.15) is 0 Å². The van der Waals surface area contributed by atoms with Gasteiger partial charge in [0.25, 0.3) is 0 Å². The summed E-state index contributed by atoms with van der Waals surface area (Å²) in [4.78, 5) is 4.30. The summed E-state index contributed by atoms with van der Waals surface area (Å²) in [6.07, 6.45) is 1.11. The van der Waals surface area contributed by atoms with E-state index in [1.807, 2.05) is 4.90 Å². The fraction of sp³-hybridized carbons (Fsp3) is 0.600. The third-order valence-corrected chi connectivity index (χ3v) is 4.23. The fourth-order valence-electron chi connectivity index (χ4n) is 2.64. The number of anilines is 1. The number of halogens is 2. The van der Waals surface area contributed by atoms with E-state index in [0.717, 1.165) is 32.6 Å². The Morgan fingerprint density at radius 3 is 2.35 bits per heavy atom. The Morgan fingerprint density at radius 2 is 1.80 bits per heavy atom. The molecule has 1 unspecified atom stereocenters. The first kappa shape index (κ1) is 15.2. The zero-order valence-electron chi connectivity index (χ0n) is 12.2. The lowest BCUT2D eigenvalue weighted by molar-refractivity contribution is 0.192. The van der Waals surface area contributed by atoms with E-state index in [2.05, 4.69) is 18.7 Å². The molecule has 0 bridgehead atoms. The first-order valence-electron chi connectivity index (χ1n) is 7.24. The summed E-state index contributed by atoms with van der Waals surface area (Å²) in [6.45, 7) is 7.60. The smallest absolute Gasteiger partial charge is 0.182 e. The second kappa shape index (κ2) is 6.50. The maximum absolute atomic E-state index is 14.1. The van der Waals surface area contributed by atoms with E-state index in [4.69, 9.17) is 5.73 Å². The van der Waals surface area contributed by atoms with E-state index >= 15 is 0 Å². The van der Waals surface area contributed by atoms with Gasteiger partial charge >= 0.3 is 0 Å². The molecule has 0 spiro atoms. The van der Waals surface area contributed by atoms with Gasteiger partial charge in [0.15, 0.2) is 11.6 Å². The van der Waals surface area contributed by atoms with E-state index < -0.39 is 11.6 Å². The van der Waals surface area contributed by atoms with E-state index in [9.17, 15) is 8.78 Å². The normalized spacial score (nSPS) is 18.4. The minimum atomic E-state index is -0.811. The van der Waals surface area contributed by atoms with Crippen molar-refractivity contribution >= 4 is 5.69 Å². The molecule has 1 aromatic carbocycles. The highest BCUT2D eigenvalue weighted by Crippen LogP contribution is 2.25. The molecular formula is C15H23F2N3. The van der Waals surface area contributed by atoms with Crippen LogP contribution in [-0.4, -0.2) is 37.1 Å². The van der Waals surface area contributed by atoms with Gasteiger partial charge in [0.2, 0.25) is 0 Å². The minimum absolute atomic E-state index is 0.0187. The Hall–Kier alpha value is -1.20. The van der Waals surface area contributed by atoms with Crippen LogP contribution in [0, 0.1) is 11.6 Å². The summed E-state index contributed by atoms with van der Waals surface area (Å²) in [7, 11) is 0.